The van der Waals surface area contributed by atoms with Crippen molar-refractivity contribution in [3.63, 3.8) is 0 Å². The van der Waals surface area contributed by atoms with E-state index in [2.05, 4.69) is 4.74 Å². The fraction of sp³-hybridized carbons (Fsp3) is 0.125. The molecule has 1 heterocycles. The molecule has 0 bridgehead atoms. The van der Waals surface area contributed by atoms with Gasteiger partial charge in [0.25, 0.3) is 0 Å². The molecule has 2 nitrogen and oxygen atoms in total. The van der Waals surface area contributed by atoms with Crippen LogP contribution in [0.25, 0.3) is 20.5 Å². The molecule has 0 saturated carbocycles. The third-order valence-corrected chi connectivity index (χ3v) is 4.33. The van der Waals surface area contributed by atoms with E-state index in [4.69, 9.17) is 0 Å². The summed E-state index contributed by atoms with van der Waals surface area (Å²) >= 11 is 1.46. The smallest absolute Gasteiger partial charge is 0.406 e. The summed E-state index contributed by atoms with van der Waals surface area (Å²) in [4.78, 5) is 0.790. The van der Waals surface area contributed by atoms with Gasteiger partial charge >= 0.3 is 6.36 Å². The number of thiophene rings is 1. The van der Waals surface area contributed by atoms with Gasteiger partial charge in [-0.2, -0.15) is 0 Å². The highest BCUT2D eigenvalue weighted by Gasteiger charge is 2.31. The molecule has 0 aliphatic heterocycles. The molecule has 0 atom stereocenters. The number of benzene rings is 2. The number of fused-ring (bicyclic) bond motifs is 1. The van der Waals surface area contributed by atoms with Crippen LogP contribution in [0.4, 0.5) is 13.2 Å². The van der Waals surface area contributed by atoms with Crippen molar-refractivity contribution < 1.29 is 23.0 Å². The summed E-state index contributed by atoms with van der Waals surface area (Å²) in [5.74, 6) is -0.294. The summed E-state index contributed by atoms with van der Waals surface area (Å²) < 4.78 is 42.1. The van der Waals surface area contributed by atoms with Gasteiger partial charge in [-0.25, -0.2) is 0 Å². The Kier molecular flexibility index (Phi) is 3.80. The van der Waals surface area contributed by atoms with Crippen LogP contribution < -0.4 is 4.74 Å². The van der Waals surface area contributed by atoms with Gasteiger partial charge in [0, 0.05) is 15.1 Å². The van der Waals surface area contributed by atoms with Crippen LogP contribution >= 0.6 is 11.3 Å². The van der Waals surface area contributed by atoms with Gasteiger partial charge in [0.05, 0.1) is 6.61 Å². The number of hydrogen-bond acceptors (Lipinski definition) is 3. The van der Waals surface area contributed by atoms with Crippen molar-refractivity contribution in [2.45, 2.75) is 13.0 Å². The fourth-order valence-electron chi connectivity index (χ4n) is 2.23. The van der Waals surface area contributed by atoms with E-state index in [1.165, 1.54) is 29.5 Å². The van der Waals surface area contributed by atoms with Crippen molar-refractivity contribution in [1.82, 2.24) is 0 Å². The average Bonchev–Trinajstić information content (AvgIpc) is 2.89. The first-order valence-electron chi connectivity index (χ1n) is 6.45. The highest BCUT2D eigenvalue weighted by molar-refractivity contribution is 7.22. The lowest BCUT2D eigenvalue weighted by Gasteiger charge is -2.12. The summed E-state index contributed by atoms with van der Waals surface area (Å²) in [5.41, 5.74) is 1.10. The lowest BCUT2D eigenvalue weighted by Crippen LogP contribution is -2.17. The van der Waals surface area contributed by atoms with Gasteiger partial charge in [0.15, 0.2) is 0 Å². The molecule has 1 aromatic heterocycles. The van der Waals surface area contributed by atoms with Gasteiger partial charge in [-0.15, -0.1) is 24.5 Å². The molecule has 0 unspecified atom stereocenters. The molecule has 22 heavy (non-hydrogen) atoms. The normalized spacial score (nSPS) is 11.8. The quantitative estimate of drug-likeness (QED) is 0.738. The number of rotatable bonds is 3. The van der Waals surface area contributed by atoms with Crippen LogP contribution in [0.1, 0.15) is 5.56 Å². The standard InChI is InChI=1S/C16H11F3O2S/c17-16(18,19)21-12-6-5-11(9-20)13(8-12)15-7-10-3-1-2-4-14(10)22-15/h1-8,20H,9H2. The molecule has 0 fully saturated rings. The molecule has 0 saturated heterocycles. The second-order valence-electron chi connectivity index (χ2n) is 4.67. The maximum Gasteiger partial charge on any atom is 0.573 e. The van der Waals surface area contributed by atoms with Crippen LogP contribution in [-0.4, -0.2) is 11.5 Å². The van der Waals surface area contributed by atoms with E-state index in [1.54, 1.807) is 0 Å². The zero-order chi connectivity index (χ0) is 15.7. The van der Waals surface area contributed by atoms with E-state index in [1.807, 2.05) is 30.3 Å². The Morgan fingerprint density at radius 3 is 2.50 bits per heavy atom. The van der Waals surface area contributed by atoms with E-state index >= 15 is 0 Å². The van der Waals surface area contributed by atoms with Crippen LogP contribution in [0.15, 0.2) is 48.5 Å². The Morgan fingerprint density at radius 2 is 1.82 bits per heavy atom. The SMILES string of the molecule is OCc1ccc(OC(F)(F)F)cc1-c1cc2ccccc2s1. The Bertz CT molecular complexity index is 776. The van der Waals surface area contributed by atoms with Crippen LogP contribution in [0.5, 0.6) is 5.75 Å². The summed E-state index contributed by atoms with van der Waals surface area (Å²) in [5, 5.41) is 10.4. The third-order valence-electron chi connectivity index (χ3n) is 3.18. The molecule has 2 aromatic carbocycles. The first-order chi connectivity index (χ1) is 10.5. The van der Waals surface area contributed by atoms with Crippen molar-refractivity contribution in [3.8, 4) is 16.2 Å². The van der Waals surface area contributed by atoms with Crippen molar-refractivity contribution in [3.05, 3.63) is 54.1 Å². The summed E-state index contributed by atoms with van der Waals surface area (Å²) in [7, 11) is 0. The minimum absolute atomic E-state index is 0.254. The van der Waals surface area contributed by atoms with Crippen molar-refractivity contribution >= 4 is 21.4 Å². The summed E-state index contributed by atoms with van der Waals surface area (Å²) in [6, 6.07) is 13.5. The molecule has 0 aliphatic carbocycles. The van der Waals surface area contributed by atoms with E-state index in [9.17, 15) is 18.3 Å². The number of halogens is 3. The third kappa shape index (κ3) is 3.08. The Labute approximate surface area is 128 Å². The predicted molar refractivity (Wildman–Crippen MR) is 79.9 cm³/mol. The van der Waals surface area contributed by atoms with Crippen LogP contribution in [-0.2, 0) is 6.61 Å². The number of aliphatic hydroxyl groups is 1. The van der Waals surface area contributed by atoms with E-state index in [-0.39, 0.29) is 12.4 Å². The molecule has 0 spiro atoms. The zero-order valence-corrected chi connectivity index (χ0v) is 12.0. The fourth-order valence-corrected chi connectivity index (χ4v) is 3.35. The monoisotopic (exact) mass is 324 g/mol. The number of ether oxygens (including phenoxy) is 1. The molecule has 3 rings (SSSR count). The zero-order valence-electron chi connectivity index (χ0n) is 11.2. The first-order valence-corrected chi connectivity index (χ1v) is 7.26. The number of alkyl halides is 3. The maximum atomic E-state index is 12.4. The molecule has 0 amide bonds. The number of aliphatic hydroxyl groups excluding tert-OH is 1. The van der Waals surface area contributed by atoms with Gasteiger partial charge in [-0.1, -0.05) is 24.3 Å². The van der Waals surface area contributed by atoms with Gasteiger partial charge in [0.1, 0.15) is 5.75 Å². The largest absolute Gasteiger partial charge is 0.573 e. The molecule has 6 heteroatoms. The maximum absolute atomic E-state index is 12.4. The topological polar surface area (TPSA) is 29.5 Å². The highest BCUT2D eigenvalue weighted by Crippen LogP contribution is 2.37. The first kappa shape index (κ1) is 14.9. The summed E-state index contributed by atoms with van der Waals surface area (Å²) in [6.45, 7) is -0.254. The predicted octanol–water partition coefficient (Wildman–Crippen LogP) is 4.96. The Hall–Kier alpha value is -2.05. The summed E-state index contributed by atoms with van der Waals surface area (Å²) in [6.07, 6.45) is -4.74. The van der Waals surface area contributed by atoms with Crippen molar-refractivity contribution in [2.24, 2.45) is 0 Å². The Balaban J connectivity index is 2.09. The van der Waals surface area contributed by atoms with Gasteiger partial charge in [-0.05, 0) is 35.2 Å². The van der Waals surface area contributed by atoms with Crippen molar-refractivity contribution in [2.75, 3.05) is 0 Å². The minimum Gasteiger partial charge on any atom is -0.406 e. The molecule has 1 N–H and O–H groups in total. The highest BCUT2D eigenvalue weighted by atomic mass is 32.1. The lowest BCUT2D eigenvalue weighted by atomic mass is 10.1. The Morgan fingerprint density at radius 1 is 1.05 bits per heavy atom. The molecule has 0 aliphatic rings. The van der Waals surface area contributed by atoms with E-state index < -0.39 is 6.36 Å². The second-order valence-corrected chi connectivity index (χ2v) is 5.76. The van der Waals surface area contributed by atoms with E-state index in [0.717, 1.165) is 15.0 Å². The number of hydrogen-bond donors (Lipinski definition) is 1. The van der Waals surface area contributed by atoms with E-state index in [0.29, 0.717) is 11.1 Å². The van der Waals surface area contributed by atoms with Gasteiger partial charge in [0.2, 0.25) is 0 Å². The molecular formula is C16H11F3O2S. The minimum atomic E-state index is -4.74. The molecular weight excluding hydrogens is 313 g/mol. The van der Waals surface area contributed by atoms with Crippen LogP contribution in [0.2, 0.25) is 0 Å². The van der Waals surface area contributed by atoms with Gasteiger partial charge < -0.3 is 9.84 Å². The molecule has 0 radical (unpaired) electrons. The lowest BCUT2D eigenvalue weighted by molar-refractivity contribution is -0.274. The van der Waals surface area contributed by atoms with Crippen LogP contribution in [0.3, 0.4) is 0 Å². The van der Waals surface area contributed by atoms with Crippen LogP contribution in [0, 0.1) is 0 Å². The van der Waals surface area contributed by atoms with Gasteiger partial charge in [-0.3, -0.25) is 0 Å². The van der Waals surface area contributed by atoms with Crippen molar-refractivity contribution in [1.29, 1.82) is 0 Å². The second kappa shape index (κ2) is 5.62. The molecule has 114 valence electrons. The molecule has 3 aromatic rings. The average molecular weight is 324 g/mol.